The van der Waals surface area contributed by atoms with Gasteiger partial charge in [0.2, 0.25) is 5.95 Å². The highest BCUT2D eigenvalue weighted by molar-refractivity contribution is 6.28. The Morgan fingerprint density at radius 1 is 0.357 bits per heavy atom. The van der Waals surface area contributed by atoms with E-state index < -0.39 is 0 Å². The van der Waals surface area contributed by atoms with Crippen LogP contribution in [0, 0.1) is 13.8 Å². The number of aromatic nitrogens is 4. The number of rotatable bonds is 5. The molecule has 264 valence electrons. The molecule has 0 unspecified atom stereocenters. The van der Waals surface area contributed by atoms with E-state index in [1.165, 1.54) is 54.8 Å². The zero-order valence-corrected chi connectivity index (χ0v) is 31.1. The Balaban J connectivity index is 1.18. The lowest BCUT2D eigenvalue weighted by molar-refractivity contribution is 1.01. The fraction of sp³-hybridized carbons (Fsp3) is 0.0385. The highest BCUT2D eigenvalue weighted by Crippen LogP contribution is 2.42. The molecule has 11 aromatic rings. The Bertz CT molecular complexity index is 3300. The van der Waals surface area contributed by atoms with E-state index in [0.717, 1.165) is 50.0 Å². The number of para-hydroxylation sites is 2. The average Bonchev–Trinajstić information content (AvgIpc) is 3.77. The molecule has 0 saturated carbocycles. The molecular formula is C52H36N4. The van der Waals surface area contributed by atoms with Crippen LogP contribution in [-0.2, 0) is 0 Å². The molecule has 3 heterocycles. The molecule has 0 fully saturated rings. The lowest BCUT2D eigenvalue weighted by atomic mass is 9.98. The van der Waals surface area contributed by atoms with Crippen molar-refractivity contribution < 1.29 is 0 Å². The van der Waals surface area contributed by atoms with Crippen LogP contribution in [0.4, 0.5) is 0 Å². The van der Waals surface area contributed by atoms with Gasteiger partial charge in [-0.15, -0.1) is 0 Å². The van der Waals surface area contributed by atoms with Crippen molar-refractivity contribution in [1.29, 1.82) is 0 Å². The normalized spacial score (nSPS) is 11.8. The van der Waals surface area contributed by atoms with E-state index in [-0.39, 0.29) is 0 Å². The quantitative estimate of drug-likeness (QED) is 0.178. The minimum Gasteiger partial charge on any atom is -0.309 e. The van der Waals surface area contributed by atoms with Crippen molar-refractivity contribution in [2.45, 2.75) is 13.8 Å². The van der Waals surface area contributed by atoms with Crippen LogP contribution in [-0.4, -0.2) is 19.1 Å². The number of benzene rings is 8. The average molecular weight is 717 g/mol. The molecule has 0 aliphatic heterocycles. The van der Waals surface area contributed by atoms with Gasteiger partial charge in [0.15, 0.2) is 0 Å². The van der Waals surface area contributed by atoms with Crippen molar-refractivity contribution in [3.8, 4) is 45.1 Å². The first-order valence-corrected chi connectivity index (χ1v) is 19.2. The van der Waals surface area contributed by atoms with Crippen LogP contribution in [0.3, 0.4) is 0 Å². The summed E-state index contributed by atoms with van der Waals surface area (Å²) in [6, 6.07) is 65.4. The van der Waals surface area contributed by atoms with Gasteiger partial charge < -0.3 is 4.57 Å². The third kappa shape index (κ3) is 5.07. The molecule has 11 rings (SSSR count). The summed E-state index contributed by atoms with van der Waals surface area (Å²) in [7, 11) is 0. The molecule has 56 heavy (non-hydrogen) atoms. The van der Waals surface area contributed by atoms with Crippen LogP contribution in [0.1, 0.15) is 11.1 Å². The fourth-order valence-electron chi connectivity index (χ4n) is 8.60. The molecule has 4 nitrogen and oxygen atoms in total. The summed E-state index contributed by atoms with van der Waals surface area (Å²) in [5.74, 6) is 0.649. The standard InChI is InChI=1S/C52H36N4/c1-33-19-26-40(27-20-33)55-45-17-8-6-15-41(45)49-47(55)29-30-48-50(49)42-16-7-9-18-46(42)56(48)52-53-44-28-25-39(35-12-4-3-5-13-35)32-43(44)51(54-52)37-23-21-36(22-24-37)38-14-10-11-34(2)31-38/h3-32H,1-2H3. The Hall–Kier alpha value is -7.30. The summed E-state index contributed by atoms with van der Waals surface area (Å²) in [4.78, 5) is 10.9. The van der Waals surface area contributed by atoms with E-state index in [1.807, 2.05) is 0 Å². The molecule has 3 aromatic heterocycles. The van der Waals surface area contributed by atoms with Gasteiger partial charge in [0.25, 0.3) is 0 Å². The van der Waals surface area contributed by atoms with Gasteiger partial charge in [0.05, 0.1) is 33.3 Å². The molecule has 0 amide bonds. The zero-order chi connectivity index (χ0) is 37.3. The summed E-state index contributed by atoms with van der Waals surface area (Å²) in [6.45, 7) is 4.27. The summed E-state index contributed by atoms with van der Waals surface area (Å²) in [5, 5.41) is 5.84. The summed E-state index contributed by atoms with van der Waals surface area (Å²) in [5.41, 5.74) is 15.7. The van der Waals surface area contributed by atoms with Gasteiger partial charge in [-0.05, 0) is 84.6 Å². The molecule has 0 aliphatic rings. The molecule has 8 aromatic carbocycles. The van der Waals surface area contributed by atoms with E-state index >= 15 is 0 Å². The maximum Gasteiger partial charge on any atom is 0.235 e. The van der Waals surface area contributed by atoms with Crippen molar-refractivity contribution >= 4 is 54.5 Å². The van der Waals surface area contributed by atoms with Crippen LogP contribution in [0.2, 0.25) is 0 Å². The highest BCUT2D eigenvalue weighted by Gasteiger charge is 2.22. The predicted octanol–water partition coefficient (Wildman–Crippen LogP) is 13.4. The Kier molecular flexibility index (Phi) is 7.26. The molecule has 0 aliphatic carbocycles. The fourth-order valence-corrected chi connectivity index (χ4v) is 8.60. The first-order valence-electron chi connectivity index (χ1n) is 19.2. The number of hydrogen-bond acceptors (Lipinski definition) is 2. The molecular weight excluding hydrogens is 681 g/mol. The number of aryl methyl sites for hydroxylation is 2. The molecule has 4 heteroatoms. The van der Waals surface area contributed by atoms with Gasteiger partial charge in [0.1, 0.15) is 0 Å². The first kappa shape index (κ1) is 32.2. The predicted molar refractivity (Wildman–Crippen MR) is 234 cm³/mol. The Morgan fingerprint density at radius 3 is 1.64 bits per heavy atom. The third-order valence-electron chi connectivity index (χ3n) is 11.3. The van der Waals surface area contributed by atoms with E-state index in [0.29, 0.717) is 5.95 Å². The number of nitrogens with zero attached hydrogens (tertiary/aromatic N) is 4. The molecule has 0 spiro atoms. The Labute approximate surface area is 324 Å². The SMILES string of the molecule is Cc1ccc(-n2c3ccccc3c3c4c5ccccc5n(-c5nc(-c6ccc(-c7cccc(C)c7)cc6)c6cc(-c7ccccc7)ccc6n5)c4ccc32)cc1. The summed E-state index contributed by atoms with van der Waals surface area (Å²) >= 11 is 0. The number of fused-ring (bicyclic) bond motifs is 8. The van der Waals surface area contributed by atoms with Gasteiger partial charge in [-0.1, -0.05) is 145 Å². The zero-order valence-electron chi connectivity index (χ0n) is 31.1. The van der Waals surface area contributed by atoms with Crippen LogP contribution in [0.25, 0.3) is 99.7 Å². The van der Waals surface area contributed by atoms with E-state index in [2.05, 4.69) is 205 Å². The third-order valence-corrected chi connectivity index (χ3v) is 11.3. The second kappa shape index (κ2) is 12.6. The maximum atomic E-state index is 5.52. The Morgan fingerprint density at radius 2 is 0.929 bits per heavy atom. The van der Waals surface area contributed by atoms with Crippen molar-refractivity contribution in [2.75, 3.05) is 0 Å². The number of hydrogen-bond donors (Lipinski definition) is 0. The minimum atomic E-state index is 0.649. The molecule has 0 bridgehead atoms. The van der Waals surface area contributed by atoms with Crippen LogP contribution in [0.15, 0.2) is 182 Å². The van der Waals surface area contributed by atoms with Crippen LogP contribution < -0.4 is 0 Å². The smallest absolute Gasteiger partial charge is 0.235 e. The first-order chi connectivity index (χ1) is 27.6. The van der Waals surface area contributed by atoms with Crippen LogP contribution in [0.5, 0.6) is 0 Å². The monoisotopic (exact) mass is 716 g/mol. The maximum absolute atomic E-state index is 5.52. The topological polar surface area (TPSA) is 35.6 Å². The largest absolute Gasteiger partial charge is 0.309 e. The van der Waals surface area contributed by atoms with E-state index in [4.69, 9.17) is 9.97 Å². The molecule has 0 radical (unpaired) electrons. The molecule has 0 atom stereocenters. The highest BCUT2D eigenvalue weighted by atomic mass is 15.2. The second-order valence-electron chi connectivity index (χ2n) is 14.8. The van der Waals surface area contributed by atoms with Crippen LogP contribution >= 0.6 is 0 Å². The minimum absolute atomic E-state index is 0.649. The van der Waals surface area contributed by atoms with Crippen molar-refractivity contribution in [2.24, 2.45) is 0 Å². The van der Waals surface area contributed by atoms with Gasteiger partial charge in [-0.25, -0.2) is 9.97 Å². The van der Waals surface area contributed by atoms with Crippen molar-refractivity contribution in [3.05, 3.63) is 193 Å². The molecule has 0 N–H and O–H groups in total. The van der Waals surface area contributed by atoms with Gasteiger partial charge >= 0.3 is 0 Å². The van der Waals surface area contributed by atoms with Crippen molar-refractivity contribution in [3.63, 3.8) is 0 Å². The van der Waals surface area contributed by atoms with E-state index in [1.54, 1.807) is 0 Å². The lowest BCUT2D eigenvalue weighted by Gasteiger charge is -2.14. The second-order valence-corrected chi connectivity index (χ2v) is 14.8. The van der Waals surface area contributed by atoms with Gasteiger partial charge in [-0.3, -0.25) is 4.57 Å². The summed E-state index contributed by atoms with van der Waals surface area (Å²) in [6.07, 6.45) is 0. The van der Waals surface area contributed by atoms with E-state index in [9.17, 15) is 0 Å². The van der Waals surface area contributed by atoms with Crippen molar-refractivity contribution in [1.82, 2.24) is 19.1 Å². The van der Waals surface area contributed by atoms with Gasteiger partial charge in [-0.2, -0.15) is 0 Å². The molecule has 0 saturated heterocycles. The summed E-state index contributed by atoms with van der Waals surface area (Å²) < 4.78 is 4.66. The lowest BCUT2D eigenvalue weighted by Crippen LogP contribution is -2.03. The van der Waals surface area contributed by atoms with Gasteiger partial charge in [0, 0.05) is 38.2 Å².